The Morgan fingerprint density at radius 3 is 2.45 bits per heavy atom. The molecule has 2 aromatic rings. The molecule has 0 radical (unpaired) electrons. The number of aromatic amines is 1. The van der Waals surface area contributed by atoms with Crippen LogP contribution in [-0.4, -0.2) is 24.4 Å². The van der Waals surface area contributed by atoms with Gasteiger partial charge in [-0.15, -0.1) is 0 Å². The first-order valence-corrected chi connectivity index (χ1v) is 7.40. The van der Waals surface area contributed by atoms with Gasteiger partial charge in [0.1, 0.15) is 11.5 Å². The highest BCUT2D eigenvalue weighted by molar-refractivity contribution is 5.40. The number of H-pyrrole nitrogens is 1. The van der Waals surface area contributed by atoms with E-state index in [9.17, 15) is 0 Å². The largest absolute Gasteiger partial charge is 0.497 e. The summed E-state index contributed by atoms with van der Waals surface area (Å²) in [6.45, 7) is 7.98. The molecule has 0 saturated carbocycles. The average Bonchev–Trinajstić information content (AvgIpc) is 2.95. The molecule has 5 nitrogen and oxygen atoms in total. The van der Waals surface area contributed by atoms with Gasteiger partial charge in [0.25, 0.3) is 0 Å². The van der Waals surface area contributed by atoms with Gasteiger partial charge in [-0.1, -0.05) is 20.8 Å². The predicted octanol–water partition coefficient (Wildman–Crippen LogP) is 3.01. The van der Waals surface area contributed by atoms with Gasteiger partial charge in [0, 0.05) is 35.3 Å². The molecule has 1 aromatic carbocycles. The molecular weight excluding hydrogens is 278 g/mol. The quantitative estimate of drug-likeness (QED) is 0.861. The number of benzene rings is 1. The van der Waals surface area contributed by atoms with Crippen LogP contribution in [-0.2, 0) is 18.5 Å². The normalized spacial score (nSPS) is 11.5. The molecule has 0 spiro atoms. The highest BCUT2D eigenvalue weighted by Gasteiger charge is 2.19. The van der Waals surface area contributed by atoms with Gasteiger partial charge in [0.15, 0.2) is 0 Å². The van der Waals surface area contributed by atoms with Crippen LogP contribution in [0.4, 0.5) is 0 Å². The highest BCUT2D eigenvalue weighted by atomic mass is 16.5. The summed E-state index contributed by atoms with van der Waals surface area (Å²) in [5, 5.41) is 10.7. The Labute approximate surface area is 132 Å². The van der Waals surface area contributed by atoms with Crippen molar-refractivity contribution in [3.63, 3.8) is 0 Å². The number of rotatable bonds is 6. The van der Waals surface area contributed by atoms with Crippen LogP contribution >= 0.6 is 0 Å². The topological polar surface area (TPSA) is 59.2 Å². The van der Waals surface area contributed by atoms with Gasteiger partial charge >= 0.3 is 0 Å². The Hall–Kier alpha value is -2.01. The van der Waals surface area contributed by atoms with Crippen molar-refractivity contribution in [2.75, 3.05) is 14.2 Å². The Morgan fingerprint density at radius 1 is 1.09 bits per heavy atom. The van der Waals surface area contributed by atoms with Gasteiger partial charge in [-0.05, 0) is 18.2 Å². The lowest BCUT2D eigenvalue weighted by Gasteiger charge is -2.18. The third kappa shape index (κ3) is 3.80. The number of ether oxygens (including phenoxy) is 2. The van der Waals surface area contributed by atoms with Gasteiger partial charge in [-0.3, -0.25) is 5.10 Å². The van der Waals surface area contributed by atoms with Crippen LogP contribution < -0.4 is 14.8 Å². The Balaban J connectivity index is 2.04. The fourth-order valence-corrected chi connectivity index (χ4v) is 2.45. The van der Waals surface area contributed by atoms with Crippen molar-refractivity contribution in [1.29, 1.82) is 0 Å². The van der Waals surface area contributed by atoms with Crippen LogP contribution in [0, 0.1) is 0 Å². The zero-order valence-corrected chi connectivity index (χ0v) is 14.0. The average molecular weight is 303 g/mol. The van der Waals surface area contributed by atoms with Gasteiger partial charge in [-0.2, -0.15) is 5.10 Å². The Morgan fingerprint density at radius 2 is 1.82 bits per heavy atom. The lowest BCUT2D eigenvalue weighted by atomic mass is 9.89. The van der Waals surface area contributed by atoms with E-state index in [1.54, 1.807) is 14.2 Å². The minimum Gasteiger partial charge on any atom is -0.497 e. The van der Waals surface area contributed by atoms with Gasteiger partial charge in [0.2, 0.25) is 0 Å². The molecule has 5 heteroatoms. The summed E-state index contributed by atoms with van der Waals surface area (Å²) in [6.07, 6.45) is 1.89. The van der Waals surface area contributed by atoms with E-state index in [0.717, 1.165) is 29.3 Å². The fraction of sp³-hybridized carbons (Fsp3) is 0.471. The number of hydrogen-bond donors (Lipinski definition) is 2. The van der Waals surface area contributed by atoms with Crippen LogP contribution in [0.2, 0.25) is 0 Å². The molecule has 0 bridgehead atoms. The number of nitrogens with zero attached hydrogens (tertiary/aromatic N) is 1. The van der Waals surface area contributed by atoms with Crippen LogP contribution in [0.25, 0.3) is 0 Å². The van der Waals surface area contributed by atoms with Crippen molar-refractivity contribution >= 4 is 0 Å². The number of nitrogens with one attached hydrogen (secondary N) is 2. The van der Waals surface area contributed by atoms with Crippen molar-refractivity contribution in [1.82, 2.24) is 15.5 Å². The lowest BCUT2D eigenvalue weighted by molar-refractivity contribution is 0.397. The second-order valence-corrected chi connectivity index (χ2v) is 6.30. The maximum absolute atomic E-state index is 5.40. The smallest absolute Gasteiger partial charge is 0.123 e. The minimum absolute atomic E-state index is 0.0567. The summed E-state index contributed by atoms with van der Waals surface area (Å²) in [6, 6.07) is 5.82. The molecule has 2 N–H and O–H groups in total. The first-order valence-electron chi connectivity index (χ1n) is 7.40. The standard InChI is InChI=1S/C17H25N3O2/c1-17(2,3)16-13(11-19-20-16)10-18-9-12-8-14(21-4)6-7-15(12)22-5/h6-8,11,18H,9-10H2,1-5H3,(H,19,20). The molecule has 1 aromatic heterocycles. The van der Waals surface area contributed by atoms with E-state index in [1.807, 2.05) is 24.4 Å². The van der Waals surface area contributed by atoms with E-state index in [2.05, 4.69) is 36.3 Å². The molecule has 0 atom stereocenters. The summed E-state index contributed by atoms with van der Waals surface area (Å²) in [7, 11) is 3.35. The highest BCUT2D eigenvalue weighted by Crippen LogP contribution is 2.25. The minimum atomic E-state index is 0.0567. The maximum atomic E-state index is 5.40. The molecular formula is C17H25N3O2. The lowest BCUT2D eigenvalue weighted by Crippen LogP contribution is -2.19. The number of methoxy groups -OCH3 is 2. The van der Waals surface area contributed by atoms with Gasteiger partial charge in [-0.25, -0.2) is 0 Å². The first kappa shape index (κ1) is 16.4. The number of aromatic nitrogens is 2. The zero-order chi connectivity index (χ0) is 16.2. The van der Waals surface area contributed by atoms with E-state index >= 15 is 0 Å². The van der Waals surface area contributed by atoms with E-state index in [-0.39, 0.29) is 5.41 Å². The second kappa shape index (κ2) is 6.83. The Bertz CT molecular complexity index is 615. The van der Waals surface area contributed by atoms with E-state index in [0.29, 0.717) is 6.54 Å². The molecule has 0 aliphatic carbocycles. The monoisotopic (exact) mass is 303 g/mol. The Kier molecular flexibility index (Phi) is 5.08. The fourth-order valence-electron chi connectivity index (χ4n) is 2.45. The zero-order valence-electron chi connectivity index (χ0n) is 14.0. The summed E-state index contributed by atoms with van der Waals surface area (Å²) >= 11 is 0. The summed E-state index contributed by atoms with van der Waals surface area (Å²) in [5.41, 5.74) is 3.48. The SMILES string of the molecule is COc1ccc(OC)c(CNCc2cn[nH]c2C(C)(C)C)c1. The van der Waals surface area contributed by atoms with Crippen LogP contribution in [0.3, 0.4) is 0 Å². The van der Waals surface area contributed by atoms with E-state index in [4.69, 9.17) is 9.47 Å². The van der Waals surface area contributed by atoms with Gasteiger partial charge in [0.05, 0.1) is 20.4 Å². The molecule has 120 valence electrons. The van der Waals surface area contributed by atoms with Crippen molar-refractivity contribution in [3.8, 4) is 11.5 Å². The van der Waals surface area contributed by atoms with Crippen LogP contribution in [0.5, 0.6) is 11.5 Å². The van der Waals surface area contributed by atoms with Crippen molar-refractivity contribution in [2.45, 2.75) is 39.3 Å². The third-order valence-corrected chi connectivity index (χ3v) is 3.59. The van der Waals surface area contributed by atoms with E-state index in [1.165, 1.54) is 5.56 Å². The molecule has 0 saturated heterocycles. The predicted molar refractivity (Wildman–Crippen MR) is 87.4 cm³/mol. The molecule has 0 aliphatic rings. The number of hydrogen-bond acceptors (Lipinski definition) is 4. The molecule has 0 unspecified atom stereocenters. The first-order chi connectivity index (χ1) is 10.5. The van der Waals surface area contributed by atoms with Crippen molar-refractivity contribution in [2.24, 2.45) is 0 Å². The van der Waals surface area contributed by atoms with Crippen LogP contribution in [0.1, 0.15) is 37.6 Å². The van der Waals surface area contributed by atoms with Crippen LogP contribution in [0.15, 0.2) is 24.4 Å². The third-order valence-electron chi connectivity index (χ3n) is 3.59. The summed E-state index contributed by atoms with van der Waals surface area (Å²) in [4.78, 5) is 0. The molecule has 1 heterocycles. The summed E-state index contributed by atoms with van der Waals surface area (Å²) in [5.74, 6) is 1.69. The summed E-state index contributed by atoms with van der Waals surface area (Å²) < 4.78 is 10.7. The van der Waals surface area contributed by atoms with E-state index < -0.39 is 0 Å². The second-order valence-electron chi connectivity index (χ2n) is 6.30. The molecule has 0 aliphatic heterocycles. The van der Waals surface area contributed by atoms with Gasteiger partial charge < -0.3 is 14.8 Å². The van der Waals surface area contributed by atoms with Crippen molar-refractivity contribution < 1.29 is 9.47 Å². The molecule has 0 fully saturated rings. The molecule has 0 amide bonds. The van der Waals surface area contributed by atoms with Crippen molar-refractivity contribution in [3.05, 3.63) is 41.2 Å². The molecule has 22 heavy (non-hydrogen) atoms. The maximum Gasteiger partial charge on any atom is 0.123 e. The molecule has 2 rings (SSSR count).